The molecule has 0 amide bonds. The summed E-state index contributed by atoms with van der Waals surface area (Å²) in [6.45, 7) is 2.03. The number of halogens is 2. The van der Waals surface area contributed by atoms with E-state index in [-0.39, 0.29) is 11.6 Å². The molecule has 4 nitrogen and oxygen atoms in total. The molecule has 3 aromatic rings. The zero-order valence-corrected chi connectivity index (χ0v) is 12.0. The molecule has 0 saturated carbocycles. The lowest BCUT2D eigenvalue weighted by atomic mass is 10.2. The van der Waals surface area contributed by atoms with Crippen molar-refractivity contribution in [2.24, 2.45) is 0 Å². The topological polar surface area (TPSA) is 63.8 Å². The van der Waals surface area contributed by atoms with Crippen molar-refractivity contribution in [3.63, 3.8) is 0 Å². The summed E-state index contributed by atoms with van der Waals surface area (Å²) in [6, 6.07) is 5.85. The van der Waals surface area contributed by atoms with Crippen LogP contribution >= 0.6 is 11.3 Å². The van der Waals surface area contributed by atoms with Crippen molar-refractivity contribution in [3.05, 3.63) is 40.8 Å². The lowest BCUT2D eigenvalue weighted by molar-refractivity contribution is 0.512. The molecule has 0 radical (unpaired) electrons. The molecule has 0 aliphatic heterocycles. The normalized spacial score (nSPS) is 11.0. The summed E-state index contributed by atoms with van der Waals surface area (Å²) in [5.41, 5.74) is 5.69. The molecule has 0 aliphatic rings. The van der Waals surface area contributed by atoms with E-state index in [0.717, 1.165) is 27.6 Å². The highest BCUT2D eigenvalue weighted by Crippen LogP contribution is 2.32. The van der Waals surface area contributed by atoms with Crippen LogP contribution in [0.4, 0.5) is 26.2 Å². The summed E-state index contributed by atoms with van der Waals surface area (Å²) in [5, 5.41) is 3.54. The molecule has 3 N–H and O–H groups in total. The van der Waals surface area contributed by atoms with E-state index in [2.05, 4.69) is 15.3 Å². The maximum Gasteiger partial charge on any atom is 0.223 e. The van der Waals surface area contributed by atoms with E-state index in [9.17, 15) is 8.78 Å². The summed E-state index contributed by atoms with van der Waals surface area (Å²) in [6.07, 6.45) is 0.856. The Labute approximate surface area is 123 Å². The van der Waals surface area contributed by atoms with Gasteiger partial charge >= 0.3 is 0 Å². The Hall–Kier alpha value is -2.28. The molecule has 0 fully saturated rings. The minimum Gasteiger partial charge on any atom is -0.368 e. The zero-order valence-electron chi connectivity index (χ0n) is 11.2. The predicted octanol–water partition coefficient (Wildman–Crippen LogP) is 3.86. The fourth-order valence-corrected chi connectivity index (χ4v) is 2.96. The van der Waals surface area contributed by atoms with E-state index >= 15 is 0 Å². The Bertz CT molecular complexity index is 816. The molecule has 0 unspecified atom stereocenters. The number of aryl methyl sites for hydroxylation is 1. The van der Waals surface area contributed by atoms with Crippen LogP contribution in [0.15, 0.2) is 24.3 Å². The van der Waals surface area contributed by atoms with Crippen LogP contribution in [-0.2, 0) is 6.42 Å². The van der Waals surface area contributed by atoms with Gasteiger partial charge in [0.25, 0.3) is 0 Å². The first-order chi connectivity index (χ1) is 10.1. The van der Waals surface area contributed by atoms with Crippen LogP contribution in [0.1, 0.15) is 11.8 Å². The van der Waals surface area contributed by atoms with Gasteiger partial charge in [0.2, 0.25) is 5.95 Å². The number of aromatic nitrogens is 2. The maximum atomic E-state index is 13.7. The smallest absolute Gasteiger partial charge is 0.223 e. The summed E-state index contributed by atoms with van der Waals surface area (Å²) >= 11 is 1.50. The Kier molecular flexibility index (Phi) is 3.42. The van der Waals surface area contributed by atoms with E-state index in [0.29, 0.717) is 5.82 Å². The first-order valence-corrected chi connectivity index (χ1v) is 7.17. The Balaban J connectivity index is 2.11. The van der Waals surface area contributed by atoms with Crippen molar-refractivity contribution < 1.29 is 8.78 Å². The number of rotatable bonds is 3. The molecule has 2 heterocycles. The summed E-state index contributed by atoms with van der Waals surface area (Å²) in [4.78, 5) is 10.1. The molecule has 0 aliphatic carbocycles. The van der Waals surface area contributed by atoms with E-state index < -0.39 is 11.6 Å². The number of nitrogens with two attached hydrogens (primary N) is 1. The third-order valence-corrected chi connectivity index (χ3v) is 4.19. The second-order valence-corrected chi connectivity index (χ2v) is 5.56. The highest BCUT2D eigenvalue weighted by atomic mass is 32.1. The molecule has 0 spiro atoms. The van der Waals surface area contributed by atoms with Gasteiger partial charge in [0.15, 0.2) is 11.6 Å². The molecular formula is C14H12F2N4S. The zero-order chi connectivity index (χ0) is 15.0. The van der Waals surface area contributed by atoms with Crippen LogP contribution in [0, 0.1) is 11.6 Å². The summed E-state index contributed by atoms with van der Waals surface area (Å²) in [5.74, 6) is -1.41. The van der Waals surface area contributed by atoms with Gasteiger partial charge in [-0.2, -0.15) is 4.98 Å². The molecular weight excluding hydrogens is 294 g/mol. The third-order valence-electron chi connectivity index (χ3n) is 3.01. The van der Waals surface area contributed by atoms with Crippen molar-refractivity contribution in [1.82, 2.24) is 9.97 Å². The SMILES string of the molecule is CCc1cc2c(Nc3cccc(F)c3F)nc(N)nc2s1. The predicted molar refractivity (Wildman–Crippen MR) is 80.8 cm³/mol. The van der Waals surface area contributed by atoms with Crippen molar-refractivity contribution in [2.45, 2.75) is 13.3 Å². The monoisotopic (exact) mass is 306 g/mol. The molecule has 0 bridgehead atoms. The van der Waals surface area contributed by atoms with Crippen LogP contribution in [0.5, 0.6) is 0 Å². The maximum absolute atomic E-state index is 13.7. The largest absolute Gasteiger partial charge is 0.368 e. The number of hydrogen-bond donors (Lipinski definition) is 2. The van der Waals surface area contributed by atoms with Gasteiger partial charge in [-0.25, -0.2) is 13.8 Å². The first kappa shape index (κ1) is 13.7. The molecule has 7 heteroatoms. The van der Waals surface area contributed by atoms with Crippen LogP contribution in [0.3, 0.4) is 0 Å². The molecule has 21 heavy (non-hydrogen) atoms. The Morgan fingerprint density at radius 1 is 1.29 bits per heavy atom. The van der Waals surface area contributed by atoms with Gasteiger partial charge in [0.1, 0.15) is 10.6 Å². The molecule has 0 saturated heterocycles. The van der Waals surface area contributed by atoms with Gasteiger partial charge in [0.05, 0.1) is 11.1 Å². The average Bonchev–Trinajstić information content (AvgIpc) is 2.87. The van der Waals surface area contributed by atoms with Gasteiger partial charge in [0, 0.05) is 4.88 Å². The van der Waals surface area contributed by atoms with Crippen LogP contribution < -0.4 is 11.1 Å². The second kappa shape index (κ2) is 5.25. The molecule has 1 aromatic carbocycles. The lowest BCUT2D eigenvalue weighted by Crippen LogP contribution is -2.02. The second-order valence-electron chi connectivity index (χ2n) is 4.44. The first-order valence-electron chi connectivity index (χ1n) is 6.35. The lowest BCUT2D eigenvalue weighted by Gasteiger charge is -2.08. The van der Waals surface area contributed by atoms with Gasteiger partial charge < -0.3 is 11.1 Å². The number of nitrogen functional groups attached to an aromatic ring is 1. The quantitative estimate of drug-likeness (QED) is 0.771. The van der Waals surface area contributed by atoms with E-state index in [1.165, 1.54) is 23.5 Å². The standard InChI is InChI=1S/C14H12F2N4S/c1-2-7-6-8-12(19-14(17)20-13(8)21-7)18-10-5-3-4-9(15)11(10)16/h3-6H,2H2,1H3,(H3,17,18,19,20). The van der Waals surface area contributed by atoms with Gasteiger partial charge in [-0.05, 0) is 24.6 Å². The number of hydrogen-bond acceptors (Lipinski definition) is 5. The number of benzene rings is 1. The number of nitrogens with zero attached hydrogens (tertiary/aromatic N) is 2. The minimum absolute atomic E-state index is 0.0126. The van der Waals surface area contributed by atoms with Gasteiger partial charge in [-0.3, -0.25) is 0 Å². The van der Waals surface area contributed by atoms with Crippen LogP contribution in [0.2, 0.25) is 0 Å². The molecule has 108 valence electrons. The van der Waals surface area contributed by atoms with Crippen molar-refractivity contribution >= 4 is 39.0 Å². The minimum atomic E-state index is -0.950. The third kappa shape index (κ3) is 2.52. The summed E-state index contributed by atoms with van der Waals surface area (Å²) in [7, 11) is 0. The molecule has 2 aromatic heterocycles. The highest BCUT2D eigenvalue weighted by molar-refractivity contribution is 7.18. The number of fused-ring (bicyclic) bond motifs is 1. The van der Waals surface area contributed by atoms with Crippen molar-refractivity contribution in [1.29, 1.82) is 0 Å². The highest BCUT2D eigenvalue weighted by Gasteiger charge is 2.13. The van der Waals surface area contributed by atoms with E-state index in [1.54, 1.807) is 0 Å². The van der Waals surface area contributed by atoms with Crippen LogP contribution in [-0.4, -0.2) is 9.97 Å². The molecule has 3 rings (SSSR count). The fraction of sp³-hybridized carbons (Fsp3) is 0.143. The van der Waals surface area contributed by atoms with Gasteiger partial charge in [-0.1, -0.05) is 13.0 Å². The number of thiophene rings is 1. The van der Waals surface area contributed by atoms with Crippen molar-refractivity contribution in [3.8, 4) is 0 Å². The Morgan fingerprint density at radius 2 is 2.10 bits per heavy atom. The molecule has 0 atom stereocenters. The number of nitrogens with one attached hydrogen (secondary N) is 1. The van der Waals surface area contributed by atoms with Crippen LogP contribution in [0.25, 0.3) is 10.2 Å². The summed E-state index contributed by atoms with van der Waals surface area (Å²) < 4.78 is 27.0. The Morgan fingerprint density at radius 3 is 2.86 bits per heavy atom. The van der Waals surface area contributed by atoms with Gasteiger partial charge in [-0.15, -0.1) is 11.3 Å². The van der Waals surface area contributed by atoms with E-state index in [1.807, 2.05) is 13.0 Å². The van der Waals surface area contributed by atoms with Crippen molar-refractivity contribution in [2.75, 3.05) is 11.1 Å². The fourth-order valence-electron chi connectivity index (χ4n) is 1.99. The average molecular weight is 306 g/mol. The number of anilines is 3. The van der Waals surface area contributed by atoms with E-state index in [4.69, 9.17) is 5.73 Å².